The molecule has 0 radical (unpaired) electrons. The summed E-state index contributed by atoms with van der Waals surface area (Å²) in [6.45, 7) is 10.5. The molecule has 0 bridgehead atoms. The molecule has 0 spiro atoms. The fourth-order valence-electron chi connectivity index (χ4n) is 5.55. The number of nitrogens with zero attached hydrogens (tertiary/aromatic N) is 4. The average molecular weight is 443 g/mol. The molecule has 3 heterocycles. The van der Waals surface area contributed by atoms with Gasteiger partial charge in [-0.2, -0.15) is 0 Å². The van der Waals surface area contributed by atoms with Crippen molar-refractivity contribution in [3.8, 4) is 0 Å². The second kappa shape index (κ2) is 11.8. The van der Waals surface area contributed by atoms with E-state index < -0.39 is 0 Å². The van der Waals surface area contributed by atoms with Gasteiger partial charge in [0.05, 0.1) is 19.8 Å². The van der Waals surface area contributed by atoms with Crippen molar-refractivity contribution in [3.63, 3.8) is 0 Å². The SMILES string of the molecule is CCNC(=NCc1cccnc1N1CCOCC1)NCC1(N2CCCCC2)CCCCC1. The van der Waals surface area contributed by atoms with E-state index in [1.54, 1.807) is 0 Å². The lowest BCUT2D eigenvalue weighted by molar-refractivity contribution is 0.0368. The molecule has 0 atom stereocenters. The molecule has 1 aliphatic carbocycles. The number of morpholine rings is 1. The van der Waals surface area contributed by atoms with Crippen LogP contribution in [0.4, 0.5) is 5.82 Å². The summed E-state index contributed by atoms with van der Waals surface area (Å²) in [6, 6.07) is 4.17. The maximum Gasteiger partial charge on any atom is 0.191 e. The minimum absolute atomic E-state index is 0.294. The molecule has 1 aromatic heterocycles. The van der Waals surface area contributed by atoms with Crippen LogP contribution in [0.3, 0.4) is 0 Å². The number of anilines is 1. The lowest BCUT2D eigenvalue weighted by Crippen LogP contribution is -2.59. The van der Waals surface area contributed by atoms with Crippen LogP contribution < -0.4 is 15.5 Å². The first-order valence-corrected chi connectivity index (χ1v) is 12.8. The van der Waals surface area contributed by atoms with E-state index in [0.29, 0.717) is 12.1 Å². The second-order valence-corrected chi connectivity index (χ2v) is 9.47. The van der Waals surface area contributed by atoms with Gasteiger partial charge < -0.3 is 20.3 Å². The molecule has 178 valence electrons. The number of rotatable bonds is 7. The standard InChI is InChI=1S/C25H42N6O/c1-2-26-24(28-20-22-10-9-13-27-23(22)30-16-18-32-19-17-30)29-21-25(11-5-3-6-12-25)31-14-7-4-8-15-31/h9-10,13H,2-8,11-12,14-21H2,1H3,(H2,26,28,29). The molecule has 2 aliphatic heterocycles. The number of aliphatic imine (C=N–C) groups is 1. The fourth-order valence-corrected chi connectivity index (χ4v) is 5.55. The van der Waals surface area contributed by atoms with E-state index >= 15 is 0 Å². The molecule has 0 aromatic carbocycles. The molecule has 2 saturated heterocycles. The number of pyridine rings is 1. The van der Waals surface area contributed by atoms with Crippen molar-refractivity contribution in [2.24, 2.45) is 4.99 Å². The van der Waals surface area contributed by atoms with Crippen LogP contribution in [0.1, 0.15) is 63.9 Å². The Hall–Kier alpha value is -1.86. The third kappa shape index (κ3) is 5.93. The number of aromatic nitrogens is 1. The number of hydrogen-bond donors (Lipinski definition) is 2. The van der Waals surface area contributed by atoms with Crippen LogP contribution in [0.15, 0.2) is 23.3 Å². The fraction of sp³-hybridized carbons (Fsp3) is 0.760. The Bertz CT molecular complexity index is 721. The molecule has 4 rings (SSSR count). The Balaban J connectivity index is 1.44. The maximum atomic E-state index is 5.52. The van der Waals surface area contributed by atoms with Gasteiger partial charge in [-0.15, -0.1) is 0 Å². The van der Waals surface area contributed by atoms with E-state index in [-0.39, 0.29) is 0 Å². The number of likely N-dealkylation sites (tertiary alicyclic amines) is 1. The average Bonchev–Trinajstić information content (AvgIpc) is 2.87. The van der Waals surface area contributed by atoms with Gasteiger partial charge in [0, 0.05) is 43.5 Å². The van der Waals surface area contributed by atoms with Gasteiger partial charge in [-0.05, 0) is 51.8 Å². The first-order valence-electron chi connectivity index (χ1n) is 12.8. The molecule has 2 N–H and O–H groups in total. The van der Waals surface area contributed by atoms with Crippen molar-refractivity contribution in [3.05, 3.63) is 23.9 Å². The van der Waals surface area contributed by atoms with Crippen LogP contribution in [-0.4, -0.2) is 73.9 Å². The lowest BCUT2D eigenvalue weighted by Gasteiger charge is -2.48. The molecule has 1 saturated carbocycles. The Morgan fingerprint density at radius 3 is 2.53 bits per heavy atom. The van der Waals surface area contributed by atoms with Gasteiger partial charge in [-0.3, -0.25) is 4.90 Å². The number of ether oxygens (including phenoxy) is 1. The Morgan fingerprint density at radius 1 is 1.03 bits per heavy atom. The van der Waals surface area contributed by atoms with Crippen molar-refractivity contribution in [1.29, 1.82) is 0 Å². The summed E-state index contributed by atoms with van der Waals surface area (Å²) in [7, 11) is 0. The predicted octanol–water partition coefficient (Wildman–Crippen LogP) is 3.16. The zero-order chi connectivity index (χ0) is 22.1. The molecule has 3 aliphatic rings. The van der Waals surface area contributed by atoms with Gasteiger partial charge in [0.25, 0.3) is 0 Å². The topological polar surface area (TPSA) is 65.0 Å². The first-order chi connectivity index (χ1) is 15.8. The summed E-state index contributed by atoms with van der Waals surface area (Å²) < 4.78 is 5.52. The number of guanidine groups is 1. The van der Waals surface area contributed by atoms with Crippen LogP contribution in [0.25, 0.3) is 0 Å². The van der Waals surface area contributed by atoms with Crippen molar-refractivity contribution in [1.82, 2.24) is 20.5 Å². The highest BCUT2D eigenvalue weighted by molar-refractivity contribution is 5.80. The molecular formula is C25H42N6O. The zero-order valence-electron chi connectivity index (χ0n) is 19.9. The number of piperidine rings is 1. The summed E-state index contributed by atoms with van der Waals surface area (Å²) in [4.78, 5) is 14.8. The third-order valence-corrected chi connectivity index (χ3v) is 7.33. The molecule has 7 nitrogen and oxygen atoms in total. The molecule has 7 heteroatoms. The van der Waals surface area contributed by atoms with E-state index in [0.717, 1.165) is 51.2 Å². The predicted molar refractivity (Wildman–Crippen MR) is 131 cm³/mol. The molecule has 1 aromatic rings. The van der Waals surface area contributed by atoms with Gasteiger partial charge in [0.2, 0.25) is 0 Å². The molecule has 0 unspecified atom stereocenters. The molecular weight excluding hydrogens is 400 g/mol. The van der Waals surface area contributed by atoms with Gasteiger partial charge >= 0.3 is 0 Å². The Kier molecular flexibility index (Phi) is 8.62. The van der Waals surface area contributed by atoms with Crippen LogP contribution in [0.5, 0.6) is 0 Å². The molecule has 3 fully saturated rings. The van der Waals surface area contributed by atoms with E-state index in [4.69, 9.17) is 9.73 Å². The van der Waals surface area contributed by atoms with Crippen molar-refractivity contribution < 1.29 is 4.74 Å². The van der Waals surface area contributed by atoms with E-state index in [2.05, 4.69) is 38.4 Å². The monoisotopic (exact) mass is 442 g/mol. The Labute approximate surface area is 194 Å². The third-order valence-electron chi connectivity index (χ3n) is 7.33. The summed E-state index contributed by atoms with van der Waals surface area (Å²) in [5, 5.41) is 7.22. The number of hydrogen-bond acceptors (Lipinski definition) is 5. The van der Waals surface area contributed by atoms with Crippen molar-refractivity contribution >= 4 is 11.8 Å². The summed E-state index contributed by atoms with van der Waals surface area (Å²) >= 11 is 0. The van der Waals surface area contributed by atoms with Gasteiger partial charge in [-0.1, -0.05) is 31.7 Å². The summed E-state index contributed by atoms with van der Waals surface area (Å²) in [5.74, 6) is 1.97. The largest absolute Gasteiger partial charge is 0.378 e. The van der Waals surface area contributed by atoms with Crippen LogP contribution >= 0.6 is 0 Å². The van der Waals surface area contributed by atoms with Crippen molar-refractivity contribution in [2.45, 2.75) is 70.4 Å². The zero-order valence-corrected chi connectivity index (χ0v) is 19.9. The van der Waals surface area contributed by atoms with Gasteiger partial charge in [-0.25, -0.2) is 9.98 Å². The maximum absolute atomic E-state index is 5.52. The minimum atomic E-state index is 0.294. The smallest absolute Gasteiger partial charge is 0.191 e. The van der Waals surface area contributed by atoms with Crippen LogP contribution in [-0.2, 0) is 11.3 Å². The lowest BCUT2D eigenvalue weighted by atomic mass is 9.79. The normalized spacial score (nSPS) is 22.5. The number of nitrogens with one attached hydrogen (secondary N) is 2. The van der Waals surface area contributed by atoms with E-state index in [9.17, 15) is 0 Å². The van der Waals surface area contributed by atoms with Crippen LogP contribution in [0.2, 0.25) is 0 Å². The quantitative estimate of drug-likeness (QED) is 0.500. The second-order valence-electron chi connectivity index (χ2n) is 9.47. The Morgan fingerprint density at radius 2 is 1.78 bits per heavy atom. The molecule has 32 heavy (non-hydrogen) atoms. The highest BCUT2D eigenvalue weighted by Gasteiger charge is 2.38. The van der Waals surface area contributed by atoms with E-state index in [1.165, 1.54) is 70.0 Å². The highest BCUT2D eigenvalue weighted by atomic mass is 16.5. The summed E-state index contributed by atoms with van der Waals surface area (Å²) in [5.41, 5.74) is 1.47. The van der Waals surface area contributed by atoms with Crippen LogP contribution in [0, 0.1) is 0 Å². The highest BCUT2D eigenvalue weighted by Crippen LogP contribution is 2.35. The minimum Gasteiger partial charge on any atom is -0.378 e. The first kappa shape index (κ1) is 23.3. The van der Waals surface area contributed by atoms with Crippen molar-refractivity contribution in [2.75, 3.05) is 57.4 Å². The van der Waals surface area contributed by atoms with E-state index in [1.807, 2.05) is 12.3 Å². The summed E-state index contributed by atoms with van der Waals surface area (Å²) in [6.07, 6.45) is 12.7. The molecule has 0 amide bonds. The van der Waals surface area contributed by atoms with Gasteiger partial charge in [0.15, 0.2) is 5.96 Å². The van der Waals surface area contributed by atoms with Gasteiger partial charge in [0.1, 0.15) is 5.82 Å².